The van der Waals surface area contributed by atoms with Gasteiger partial charge in [0.15, 0.2) is 0 Å². The maximum absolute atomic E-state index is 4.80. The molecular weight excluding hydrogens is 324 g/mol. The lowest BCUT2D eigenvalue weighted by atomic mass is 10.1. The third-order valence-electron chi connectivity index (χ3n) is 4.19. The Morgan fingerprint density at radius 3 is 2.16 bits per heavy atom. The Balaban J connectivity index is 1.86. The predicted octanol–water partition coefficient (Wildman–Crippen LogP) is 6.39. The highest BCUT2D eigenvalue weighted by Gasteiger charge is 2.12. The molecule has 0 bridgehead atoms. The van der Waals surface area contributed by atoms with Gasteiger partial charge in [-0.25, -0.2) is 4.98 Å². The molecule has 0 unspecified atom stereocenters. The molecule has 0 spiro atoms. The molecule has 0 amide bonds. The van der Waals surface area contributed by atoms with Crippen molar-refractivity contribution in [3.8, 4) is 10.6 Å². The maximum atomic E-state index is 4.80. The molecule has 0 N–H and O–H groups in total. The summed E-state index contributed by atoms with van der Waals surface area (Å²) in [6.45, 7) is 13.5. The fraction of sp³-hybridized carbons (Fsp3) is 0.409. The third kappa shape index (κ3) is 4.40. The van der Waals surface area contributed by atoms with E-state index in [4.69, 9.17) is 4.98 Å². The van der Waals surface area contributed by atoms with E-state index in [9.17, 15) is 0 Å². The average molecular weight is 353 g/mol. The maximum Gasteiger partial charge on any atom is 0.124 e. The van der Waals surface area contributed by atoms with E-state index in [0.717, 1.165) is 23.6 Å². The first kappa shape index (κ1) is 17.9. The summed E-state index contributed by atoms with van der Waals surface area (Å²) in [4.78, 5) is 7.30. The molecule has 0 saturated carbocycles. The Morgan fingerprint density at radius 1 is 0.920 bits per heavy atom. The van der Waals surface area contributed by atoms with Crippen LogP contribution in [-0.4, -0.2) is 18.1 Å². The van der Waals surface area contributed by atoms with Crippen molar-refractivity contribution in [1.29, 1.82) is 0 Å². The molecule has 0 aliphatic heterocycles. The van der Waals surface area contributed by atoms with Gasteiger partial charge in [0.2, 0.25) is 0 Å². The number of benzene rings is 2. The smallest absolute Gasteiger partial charge is 0.124 e. The van der Waals surface area contributed by atoms with Crippen molar-refractivity contribution in [2.45, 2.75) is 34.6 Å². The summed E-state index contributed by atoms with van der Waals surface area (Å²) in [6, 6.07) is 15.4. The second-order valence-corrected chi connectivity index (χ2v) is 8.76. The number of nitrogens with zero attached hydrogens (tertiary/aromatic N) is 2. The SMILES string of the molecule is Cc1ccc2nc(-c3ccc(N(CC(C)C)CC(C)C)cc3)sc2c1. The van der Waals surface area contributed by atoms with E-state index in [1.54, 1.807) is 11.3 Å². The van der Waals surface area contributed by atoms with Gasteiger partial charge in [0.25, 0.3) is 0 Å². The van der Waals surface area contributed by atoms with Gasteiger partial charge in [-0.2, -0.15) is 0 Å². The summed E-state index contributed by atoms with van der Waals surface area (Å²) in [5.74, 6) is 1.32. The lowest BCUT2D eigenvalue weighted by molar-refractivity contribution is 0.553. The number of aryl methyl sites for hydroxylation is 1. The molecule has 0 saturated heterocycles. The van der Waals surface area contributed by atoms with Crippen LogP contribution in [0.15, 0.2) is 42.5 Å². The molecule has 1 heterocycles. The molecule has 1 aromatic heterocycles. The van der Waals surface area contributed by atoms with Crippen molar-refractivity contribution in [2.24, 2.45) is 11.8 Å². The van der Waals surface area contributed by atoms with Gasteiger partial charge < -0.3 is 4.90 Å². The van der Waals surface area contributed by atoms with E-state index in [-0.39, 0.29) is 0 Å². The Morgan fingerprint density at radius 2 is 1.56 bits per heavy atom. The highest BCUT2D eigenvalue weighted by molar-refractivity contribution is 7.21. The second kappa shape index (κ2) is 7.57. The van der Waals surface area contributed by atoms with Crippen LogP contribution >= 0.6 is 11.3 Å². The Hall–Kier alpha value is -1.87. The van der Waals surface area contributed by atoms with Crippen LogP contribution in [0.4, 0.5) is 5.69 Å². The molecule has 0 atom stereocenters. The molecule has 3 heteroatoms. The summed E-state index contributed by atoms with van der Waals surface area (Å²) in [6.07, 6.45) is 0. The number of rotatable bonds is 6. The number of thiazole rings is 1. The van der Waals surface area contributed by atoms with Crippen LogP contribution in [0, 0.1) is 18.8 Å². The van der Waals surface area contributed by atoms with Crippen molar-refractivity contribution < 1.29 is 0 Å². The van der Waals surface area contributed by atoms with Crippen LogP contribution < -0.4 is 4.90 Å². The number of fused-ring (bicyclic) bond motifs is 1. The van der Waals surface area contributed by atoms with E-state index in [0.29, 0.717) is 11.8 Å². The molecule has 3 aromatic rings. The molecular formula is C22H28N2S. The topological polar surface area (TPSA) is 16.1 Å². The van der Waals surface area contributed by atoms with Crippen LogP contribution in [0.1, 0.15) is 33.3 Å². The molecule has 0 radical (unpaired) electrons. The van der Waals surface area contributed by atoms with Gasteiger partial charge >= 0.3 is 0 Å². The first-order valence-electron chi connectivity index (χ1n) is 9.15. The normalized spacial score (nSPS) is 11.6. The molecule has 0 aliphatic carbocycles. The molecule has 2 nitrogen and oxygen atoms in total. The number of aromatic nitrogens is 1. The van der Waals surface area contributed by atoms with E-state index in [2.05, 4.69) is 82.0 Å². The average Bonchev–Trinajstić information content (AvgIpc) is 2.96. The second-order valence-electron chi connectivity index (χ2n) is 7.73. The van der Waals surface area contributed by atoms with E-state index in [1.807, 2.05) is 0 Å². The summed E-state index contributed by atoms with van der Waals surface area (Å²) in [5, 5.41) is 1.10. The Labute approximate surface area is 155 Å². The molecule has 0 aliphatic rings. The Bertz CT molecular complexity index is 821. The van der Waals surface area contributed by atoms with Crippen LogP contribution in [-0.2, 0) is 0 Å². The molecule has 25 heavy (non-hydrogen) atoms. The third-order valence-corrected chi connectivity index (χ3v) is 5.26. The van der Waals surface area contributed by atoms with Crippen molar-refractivity contribution in [1.82, 2.24) is 4.98 Å². The summed E-state index contributed by atoms with van der Waals surface area (Å²) < 4.78 is 1.26. The van der Waals surface area contributed by atoms with Crippen molar-refractivity contribution in [3.63, 3.8) is 0 Å². The first-order chi connectivity index (χ1) is 11.9. The summed E-state index contributed by atoms with van der Waals surface area (Å²) in [5.41, 5.74) is 4.90. The number of hydrogen-bond acceptors (Lipinski definition) is 3. The Kier molecular flexibility index (Phi) is 5.43. The van der Waals surface area contributed by atoms with Crippen LogP contribution in [0.25, 0.3) is 20.8 Å². The van der Waals surface area contributed by atoms with Gasteiger partial charge in [-0.05, 0) is 60.7 Å². The predicted molar refractivity (Wildman–Crippen MR) is 112 cm³/mol. The summed E-state index contributed by atoms with van der Waals surface area (Å²) in [7, 11) is 0. The van der Waals surface area contributed by atoms with Gasteiger partial charge in [-0.15, -0.1) is 11.3 Å². The first-order valence-corrected chi connectivity index (χ1v) is 9.96. The van der Waals surface area contributed by atoms with Gasteiger partial charge in [0.05, 0.1) is 10.2 Å². The minimum Gasteiger partial charge on any atom is -0.371 e. The highest BCUT2D eigenvalue weighted by Crippen LogP contribution is 2.32. The minimum absolute atomic E-state index is 0.658. The lowest BCUT2D eigenvalue weighted by Gasteiger charge is -2.28. The zero-order valence-electron chi connectivity index (χ0n) is 15.9. The molecule has 2 aromatic carbocycles. The van der Waals surface area contributed by atoms with E-state index in [1.165, 1.54) is 21.5 Å². The van der Waals surface area contributed by atoms with Crippen LogP contribution in [0.2, 0.25) is 0 Å². The van der Waals surface area contributed by atoms with Crippen molar-refractivity contribution in [2.75, 3.05) is 18.0 Å². The van der Waals surface area contributed by atoms with Gasteiger partial charge in [0, 0.05) is 24.3 Å². The zero-order chi connectivity index (χ0) is 18.0. The largest absolute Gasteiger partial charge is 0.371 e. The molecule has 132 valence electrons. The summed E-state index contributed by atoms with van der Waals surface area (Å²) >= 11 is 1.78. The lowest BCUT2D eigenvalue weighted by Crippen LogP contribution is -2.31. The van der Waals surface area contributed by atoms with Gasteiger partial charge in [0.1, 0.15) is 5.01 Å². The quantitative estimate of drug-likeness (QED) is 0.511. The van der Waals surface area contributed by atoms with Gasteiger partial charge in [-0.3, -0.25) is 0 Å². The molecule has 3 rings (SSSR count). The van der Waals surface area contributed by atoms with Crippen molar-refractivity contribution >= 4 is 27.2 Å². The van der Waals surface area contributed by atoms with Crippen LogP contribution in [0.3, 0.4) is 0 Å². The van der Waals surface area contributed by atoms with Crippen molar-refractivity contribution in [3.05, 3.63) is 48.0 Å². The number of anilines is 1. The zero-order valence-corrected chi connectivity index (χ0v) is 16.7. The standard InChI is InChI=1S/C22H28N2S/c1-15(2)13-24(14-16(3)4)19-9-7-18(8-10-19)22-23-20-11-6-17(5)12-21(20)25-22/h6-12,15-16H,13-14H2,1-5H3. The monoisotopic (exact) mass is 352 g/mol. The fourth-order valence-corrected chi connectivity index (χ4v) is 4.21. The minimum atomic E-state index is 0.658. The van der Waals surface area contributed by atoms with E-state index < -0.39 is 0 Å². The van der Waals surface area contributed by atoms with Gasteiger partial charge in [-0.1, -0.05) is 33.8 Å². The fourth-order valence-electron chi connectivity index (χ4n) is 3.14. The molecule has 0 fully saturated rings. The number of hydrogen-bond donors (Lipinski definition) is 0. The highest BCUT2D eigenvalue weighted by atomic mass is 32.1. The van der Waals surface area contributed by atoms with Crippen LogP contribution in [0.5, 0.6) is 0 Å². The van der Waals surface area contributed by atoms with E-state index >= 15 is 0 Å².